The van der Waals surface area contributed by atoms with Crippen molar-refractivity contribution in [1.82, 2.24) is 4.98 Å². The summed E-state index contributed by atoms with van der Waals surface area (Å²) in [7, 11) is 1.30. The summed E-state index contributed by atoms with van der Waals surface area (Å²) >= 11 is 8.45. The summed E-state index contributed by atoms with van der Waals surface area (Å²) in [4.78, 5) is 31.2. The highest BCUT2D eigenvalue weighted by Crippen LogP contribution is 2.39. The number of benzene rings is 1. The van der Waals surface area contributed by atoms with Gasteiger partial charge in [-0.2, -0.15) is 0 Å². The Hall–Kier alpha value is -2.94. The van der Waals surface area contributed by atoms with E-state index in [2.05, 4.69) is 10.3 Å². The number of ether oxygens (including phenoxy) is 1. The molecular weight excluding hydrogens is 454 g/mol. The van der Waals surface area contributed by atoms with Crippen molar-refractivity contribution in [1.29, 1.82) is 0 Å². The van der Waals surface area contributed by atoms with Gasteiger partial charge in [-0.05, 0) is 43.2 Å². The van der Waals surface area contributed by atoms with E-state index in [0.29, 0.717) is 31.0 Å². The van der Waals surface area contributed by atoms with E-state index >= 15 is 0 Å². The zero-order valence-electron chi connectivity index (χ0n) is 16.9. The first-order valence-corrected chi connectivity index (χ1v) is 11.3. The Morgan fingerprint density at radius 1 is 1.19 bits per heavy atom. The Morgan fingerprint density at radius 2 is 1.90 bits per heavy atom. The number of pyridine rings is 1. The lowest BCUT2D eigenvalue weighted by Gasteiger charge is -2.08. The fraction of sp³-hybridized carbons (Fsp3) is 0.136. The maximum atomic E-state index is 13.1. The molecule has 3 aromatic heterocycles. The molecule has 0 saturated heterocycles. The fourth-order valence-corrected chi connectivity index (χ4v) is 5.58. The zero-order chi connectivity index (χ0) is 22.3. The topological polar surface area (TPSA) is 94.3 Å². The summed E-state index contributed by atoms with van der Waals surface area (Å²) in [6, 6.07) is 9.03. The Bertz CT molecular complexity index is 1330. The first-order chi connectivity index (χ1) is 14.8. The van der Waals surface area contributed by atoms with Crippen molar-refractivity contribution >= 4 is 67.1 Å². The number of halogens is 1. The maximum Gasteiger partial charge on any atom is 0.341 e. The second-order valence-corrected chi connectivity index (χ2v) is 9.23. The van der Waals surface area contributed by atoms with Crippen LogP contribution in [0.1, 0.15) is 31.3 Å². The molecule has 0 aliphatic rings. The van der Waals surface area contributed by atoms with Crippen molar-refractivity contribution in [2.24, 2.45) is 0 Å². The van der Waals surface area contributed by atoms with Crippen LogP contribution >= 0.6 is 34.3 Å². The van der Waals surface area contributed by atoms with E-state index in [0.717, 1.165) is 22.2 Å². The van der Waals surface area contributed by atoms with E-state index in [9.17, 15) is 9.59 Å². The molecule has 3 N–H and O–H groups in total. The van der Waals surface area contributed by atoms with Crippen LogP contribution in [0.2, 0.25) is 5.02 Å². The minimum atomic E-state index is -0.543. The lowest BCUT2D eigenvalue weighted by atomic mass is 10.0. The van der Waals surface area contributed by atoms with Crippen molar-refractivity contribution in [2.45, 2.75) is 13.8 Å². The van der Waals surface area contributed by atoms with E-state index in [1.807, 2.05) is 32.0 Å². The van der Waals surface area contributed by atoms with E-state index in [-0.39, 0.29) is 5.56 Å². The lowest BCUT2D eigenvalue weighted by molar-refractivity contribution is 0.0603. The third-order valence-corrected chi connectivity index (χ3v) is 7.04. The van der Waals surface area contributed by atoms with Gasteiger partial charge in [0.2, 0.25) is 0 Å². The van der Waals surface area contributed by atoms with Gasteiger partial charge in [-0.15, -0.1) is 22.7 Å². The number of methoxy groups -OCH3 is 1. The summed E-state index contributed by atoms with van der Waals surface area (Å²) in [5.41, 5.74) is 10.2. The monoisotopic (exact) mass is 471 g/mol. The van der Waals surface area contributed by atoms with Gasteiger partial charge in [-0.3, -0.25) is 4.79 Å². The molecule has 0 unspecified atom stereocenters. The molecule has 6 nitrogen and oxygen atoms in total. The van der Waals surface area contributed by atoms with Gasteiger partial charge >= 0.3 is 5.97 Å². The number of esters is 1. The Kier molecular flexibility index (Phi) is 5.70. The number of carbonyl (C=O) groups excluding carboxylic acids is 2. The number of carbonyl (C=O) groups is 2. The summed E-state index contributed by atoms with van der Waals surface area (Å²) < 4.78 is 4.97. The molecule has 0 radical (unpaired) electrons. The van der Waals surface area contributed by atoms with E-state index < -0.39 is 11.9 Å². The number of rotatable bonds is 4. The molecule has 0 fully saturated rings. The number of hydrogen-bond donors (Lipinski definition) is 2. The van der Waals surface area contributed by atoms with Gasteiger partial charge in [0, 0.05) is 27.0 Å². The van der Waals surface area contributed by atoms with Gasteiger partial charge in [-0.25, -0.2) is 9.78 Å². The molecule has 4 aromatic rings. The van der Waals surface area contributed by atoms with Gasteiger partial charge < -0.3 is 15.8 Å². The first kappa shape index (κ1) is 21.3. The number of hydrogen-bond acceptors (Lipinski definition) is 7. The largest absolute Gasteiger partial charge is 0.465 e. The standard InChI is InChI=1S/C22H18ClN3O3S2/c1-10-8-11(2)25-21-15(10)17(24)18(31-21)19(27)26-20-16(22(28)29-3)14(9-30-20)12-4-6-13(23)7-5-12/h4-9H,24H2,1-3H3,(H,26,27). The predicted molar refractivity (Wildman–Crippen MR) is 128 cm³/mol. The second kappa shape index (κ2) is 8.30. The van der Waals surface area contributed by atoms with E-state index in [4.69, 9.17) is 22.1 Å². The highest BCUT2D eigenvalue weighted by atomic mass is 35.5. The second-order valence-electron chi connectivity index (χ2n) is 6.91. The van der Waals surface area contributed by atoms with E-state index in [1.54, 1.807) is 17.5 Å². The number of fused-ring (bicyclic) bond motifs is 1. The average Bonchev–Trinajstić information content (AvgIpc) is 3.29. The van der Waals surface area contributed by atoms with Gasteiger partial charge in [0.25, 0.3) is 5.91 Å². The molecular formula is C22H18ClN3O3S2. The van der Waals surface area contributed by atoms with Gasteiger partial charge in [0.05, 0.1) is 12.8 Å². The van der Waals surface area contributed by atoms with Crippen LogP contribution in [-0.4, -0.2) is 24.0 Å². The number of anilines is 2. The zero-order valence-corrected chi connectivity index (χ0v) is 19.3. The minimum absolute atomic E-state index is 0.285. The van der Waals surface area contributed by atoms with Gasteiger partial charge in [0.1, 0.15) is 20.3 Å². The quantitative estimate of drug-likeness (QED) is 0.360. The molecule has 9 heteroatoms. The molecule has 1 amide bonds. The Labute approximate surface area is 191 Å². The fourth-order valence-electron chi connectivity index (χ4n) is 3.39. The average molecular weight is 472 g/mol. The minimum Gasteiger partial charge on any atom is -0.465 e. The summed E-state index contributed by atoms with van der Waals surface area (Å²) in [5.74, 6) is -0.939. The number of nitrogens with one attached hydrogen (secondary N) is 1. The first-order valence-electron chi connectivity index (χ1n) is 9.23. The van der Waals surface area contributed by atoms with Crippen LogP contribution < -0.4 is 11.1 Å². The van der Waals surface area contributed by atoms with Crippen molar-refractivity contribution in [2.75, 3.05) is 18.2 Å². The molecule has 0 spiro atoms. The molecule has 1 aromatic carbocycles. The van der Waals surface area contributed by atoms with Crippen LogP contribution in [-0.2, 0) is 4.74 Å². The number of nitrogens with zero attached hydrogens (tertiary/aromatic N) is 1. The van der Waals surface area contributed by atoms with Crippen LogP contribution in [0.5, 0.6) is 0 Å². The molecule has 0 atom stereocenters. The number of aromatic nitrogens is 1. The van der Waals surface area contributed by atoms with Crippen molar-refractivity contribution in [3.63, 3.8) is 0 Å². The molecule has 31 heavy (non-hydrogen) atoms. The Morgan fingerprint density at radius 3 is 2.58 bits per heavy atom. The van der Waals surface area contributed by atoms with Crippen LogP contribution in [0.3, 0.4) is 0 Å². The highest BCUT2D eigenvalue weighted by molar-refractivity contribution is 7.21. The molecule has 158 valence electrons. The molecule has 3 heterocycles. The van der Waals surface area contributed by atoms with Crippen LogP contribution in [0.15, 0.2) is 35.7 Å². The third-order valence-electron chi connectivity index (χ3n) is 4.79. The summed E-state index contributed by atoms with van der Waals surface area (Å²) in [5, 5.41) is 6.39. The number of nitrogens with two attached hydrogens (primary N) is 1. The van der Waals surface area contributed by atoms with E-state index in [1.165, 1.54) is 29.8 Å². The molecule has 0 saturated carbocycles. The SMILES string of the molecule is COC(=O)c1c(-c2ccc(Cl)cc2)csc1NC(=O)c1sc2nc(C)cc(C)c2c1N. The normalized spacial score (nSPS) is 11.0. The van der Waals surface area contributed by atoms with Crippen LogP contribution in [0.4, 0.5) is 10.7 Å². The third kappa shape index (κ3) is 3.89. The number of aryl methyl sites for hydroxylation is 2. The maximum absolute atomic E-state index is 13.1. The number of amides is 1. The summed E-state index contributed by atoms with van der Waals surface area (Å²) in [6.45, 7) is 3.84. The van der Waals surface area contributed by atoms with Gasteiger partial charge in [-0.1, -0.05) is 23.7 Å². The Balaban J connectivity index is 1.74. The number of thiophene rings is 2. The van der Waals surface area contributed by atoms with Crippen LogP contribution in [0, 0.1) is 13.8 Å². The van der Waals surface area contributed by atoms with Crippen LogP contribution in [0.25, 0.3) is 21.3 Å². The van der Waals surface area contributed by atoms with Crippen molar-refractivity contribution < 1.29 is 14.3 Å². The smallest absolute Gasteiger partial charge is 0.341 e. The highest BCUT2D eigenvalue weighted by Gasteiger charge is 2.25. The molecule has 0 bridgehead atoms. The molecule has 0 aliphatic heterocycles. The summed E-state index contributed by atoms with van der Waals surface area (Å²) in [6.07, 6.45) is 0. The van der Waals surface area contributed by atoms with Crippen molar-refractivity contribution in [3.8, 4) is 11.1 Å². The number of nitrogen functional groups attached to an aromatic ring is 1. The predicted octanol–water partition coefficient (Wildman–Crippen LogP) is 5.92. The molecule has 4 rings (SSSR count). The molecule has 0 aliphatic carbocycles. The lowest BCUT2D eigenvalue weighted by Crippen LogP contribution is -2.14. The van der Waals surface area contributed by atoms with Gasteiger partial charge in [0.15, 0.2) is 0 Å². The van der Waals surface area contributed by atoms with Crippen molar-refractivity contribution in [3.05, 3.63) is 62.4 Å².